The number of benzene rings is 2. The molecule has 3 aromatic rings. The van der Waals surface area contributed by atoms with Crippen molar-refractivity contribution in [1.82, 2.24) is 9.66 Å². The third-order valence-corrected chi connectivity index (χ3v) is 6.07. The number of rotatable bonds is 8. The molecule has 1 aromatic heterocycles. The van der Waals surface area contributed by atoms with Gasteiger partial charge in [0.2, 0.25) is 0 Å². The Hall–Kier alpha value is -2.38. The van der Waals surface area contributed by atoms with Gasteiger partial charge in [-0.3, -0.25) is 4.79 Å². The average molecular weight is 521 g/mol. The summed E-state index contributed by atoms with van der Waals surface area (Å²) in [5.74, 6) is 1.68. The van der Waals surface area contributed by atoms with Crippen LogP contribution in [0.2, 0.25) is 5.02 Å². The van der Waals surface area contributed by atoms with Crippen LogP contribution in [-0.4, -0.2) is 29.1 Å². The molecule has 0 aliphatic heterocycles. The molecule has 1 heterocycles. The summed E-state index contributed by atoms with van der Waals surface area (Å²) in [5, 5.41) is 5.51. The second kappa shape index (κ2) is 10.5. The summed E-state index contributed by atoms with van der Waals surface area (Å²) in [7, 11) is 1.56. The number of aromatic nitrogens is 2. The van der Waals surface area contributed by atoms with E-state index in [-0.39, 0.29) is 17.6 Å². The highest BCUT2D eigenvalue weighted by Crippen LogP contribution is 2.35. The molecule has 0 saturated heterocycles. The van der Waals surface area contributed by atoms with Crippen LogP contribution < -0.4 is 15.0 Å². The van der Waals surface area contributed by atoms with E-state index in [0.29, 0.717) is 38.8 Å². The lowest BCUT2D eigenvalue weighted by Gasteiger charge is -2.18. The zero-order valence-electron chi connectivity index (χ0n) is 18.9. The van der Waals surface area contributed by atoms with E-state index >= 15 is 0 Å². The molecule has 2 atom stereocenters. The van der Waals surface area contributed by atoms with Crippen LogP contribution in [0.5, 0.6) is 11.5 Å². The maximum absolute atomic E-state index is 13.3. The highest BCUT2D eigenvalue weighted by molar-refractivity contribution is 9.10. The van der Waals surface area contributed by atoms with Gasteiger partial charge in [-0.25, -0.2) is 4.98 Å². The maximum Gasteiger partial charge on any atom is 0.282 e. The maximum atomic E-state index is 13.3. The van der Waals surface area contributed by atoms with Crippen LogP contribution in [0.25, 0.3) is 10.9 Å². The summed E-state index contributed by atoms with van der Waals surface area (Å²) in [5.41, 5.74) is 1.03. The average Bonchev–Trinajstić information content (AvgIpc) is 2.79. The Kier molecular flexibility index (Phi) is 7.96. The molecule has 0 aliphatic rings. The summed E-state index contributed by atoms with van der Waals surface area (Å²) < 4.78 is 13.7. The van der Waals surface area contributed by atoms with E-state index in [9.17, 15) is 4.79 Å². The molecule has 0 aliphatic carbocycles. The monoisotopic (exact) mass is 519 g/mol. The number of ether oxygens (including phenoxy) is 2. The van der Waals surface area contributed by atoms with Gasteiger partial charge in [0.05, 0.1) is 30.3 Å². The van der Waals surface area contributed by atoms with Gasteiger partial charge in [-0.05, 0) is 44.0 Å². The first-order valence-corrected chi connectivity index (χ1v) is 11.8. The molecule has 6 nitrogen and oxygen atoms in total. The predicted octanol–water partition coefficient (Wildman–Crippen LogP) is 6.39. The van der Waals surface area contributed by atoms with E-state index in [2.05, 4.69) is 28.0 Å². The number of fused-ring (bicyclic) bond motifs is 1. The van der Waals surface area contributed by atoms with Gasteiger partial charge in [-0.2, -0.15) is 9.78 Å². The van der Waals surface area contributed by atoms with Gasteiger partial charge < -0.3 is 9.47 Å². The van der Waals surface area contributed by atoms with Crippen LogP contribution in [0.1, 0.15) is 57.8 Å². The lowest BCUT2D eigenvalue weighted by molar-refractivity contribution is 0.207. The Morgan fingerprint density at radius 2 is 1.97 bits per heavy atom. The fraction of sp³-hybridized carbons (Fsp3) is 0.375. The highest BCUT2D eigenvalue weighted by Gasteiger charge is 2.17. The molecule has 8 heteroatoms. The quantitative estimate of drug-likeness (QED) is 0.323. The SMILES string of the molecule is CC[C@H](C)Oc1c(C=Nn2c([C@@H](C)CC)nc3ccc(Br)cc3c2=O)cc(Cl)cc1OC. The minimum atomic E-state index is -0.235. The Morgan fingerprint density at radius 1 is 1.22 bits per heavy atom. The Balaban J connectivity index is 2.21. The number of halogens is 2. The molecule has 0 spiro atoms. The molecule has 0 saturated carbocycles. The number of hydrogen-bond acceptors (Lipinski definition) is 5. The van der Waals surface area contributed by atoms with Gasteiger partial charge in [-0.1, -0.05) is 48.3 Å². The van der Waals surface area contributed by atoms with E-state index in [1.54, 1.807) is 31.5 Å². The van der Waals surface area contributed by atoms with Crippen molar-refractivity contribution in [3.8, 4) is 11.5 Å². The van der Waals surface area contributed by atoms with Crippen LogP contribution in [0.3, 0.4) is 0 Å². The summed E-state index contributed by atoms with van der Waals surface area (Å²) >= 11 is 9.73. The van der Waals surface area contributed by atoms with Crippen LogP contribution in [0.4, 0.5) is 0 Å². The molecule has 2 aromatic carbocycles. The van der Waals surface area contributed by atoms with E-state index in [0.717, 1.165) is 17.3 Å². The van der Waals surface area contributed by atoms with Crippen molar-refractivity contribution in [2.24, 2.45) is 5.10 Å². The normalized spacial score (nSPS) is 13.5. The summed E-state index contributed by atoms with van der Waals surface area (Å²) in [6.45, 7) is 8.10. The fourth-order valence-corrected chi connectivity index (χ4v) is 3.72. The minimum absolute atomic E-state index is 0.0321. The summed E-state index contributed by atoms with van der Waals surface area (Å²) in [6, 6.07) is 8.91. The number of hydrogen-bond donors (Lipinski definition) is 0. The molecule has 0 radical (unpaired) electrons. The summed E-state index contributed by atoms with van der Waals surface area (Å²) in [4.78, 5) is 18.1. The molecular formula is C24H27BrClN3O3. The molecule has 0 amide bonds. The van der Waals surface area contributed by atoms with E-state index in [4.69, 9.17) is 26.1 Å². The van der Waals surface area contributed by atoms with E-state index < -0.39 is 0 Å². The Labute approximate surface area is 201 Å². The van der Waals surface area contributed by atoms with Gasteiger partial charge in [0.25, 0.3) is 5.56 Å². The summed E-state index contributed by atoms with van der Waals surface area (Å²) in [6.07, 6.45) is 3.18. The van der Waals surface area contributed by atoms with Crippen LogP contribution in [0.15, 0.2) is 44.7 Å². The van der Waals surface area contributed by atoms with Gasteiger partial charge in [0, 0.05) is 27.0 Å². The van der Waals surface area contributed by atoms with E-state index in [1.165, 1.54) is 4.68 Å². The van der Waals surface area contributed by atoms with Crippen LogP contribution in [-0.2, 0) is 0 Å². The lowest BCUT2D eigenvalue weighted by atomic mass is 10.1. The Bertz CT molecular complexity index is 1210. The van der Waals surface area contributed by atoms with E-state index in [1.807, 2.05) is 32.9 Å². The van der Waals surface area contributed by atoms with Crippen molar-refractivity contribution in [3.63, 3.8) is 0 Å². The first-order valence-electron chi connectivity index (χ1n) is 10.6. The number of methoxy groups -OCH3 is 1. The topological polar surface area (TPSA) is 65.7 Å². The fourth-order valence-electron chi connectivity index (χ4n) is 3.15. The highest BCUT2D eigenvalue weighted by atomic mass is 79.9. The zero-order chi connectivity index (χ0) is 23.4. The van der Waals surface area contributed by atoms with Crippen LogP contribution in [0, 0.1) is 0 Å². The first-order chi connectivity index (χ1) is 15.3. The van der Waals surface area contributed by atoms with Gasteiger partial charge in [0.1, 0.15) is 5.82 Å². The molecule has 0 bridgehead atoms. The smallest absolute Gasteiger partial charge is 0.282 e. The zero-order valence-corrected chi connectivity index (χ0v) is 21.2. The molecule has 0 fully saturated rings. The van der Waals surface area contributed by atoms with Crippen LogP contribution >= 0.6 is 27.5 Å². The lowest BCUT2D eigenvalue weighted by Crippen LogP contribution is -2.23. The second-order valence-electron chi connectivity index (χ2n) is 7.67. The molecular weight excluding hydrogens is 494 g/mol. The second-order valence-corrected chi connectivity index (χ2v) is 9.02. The molecule has 0 unspecified atom stereocenters. The van der Waals surface area contributed by atoms with Crippen molar-refractivity contribution >= 4 is 44.6 Å². The van der Waals surface area contributed by atoms with Gasteiger partial charge in [-0.15, -0.1) is 0 Å². The van der Waals surface area contributed by atoms with Crippen molar-refractivity contribution in [2.75, 3.05) is 7.11 Å². The third-order valence-electron chi connectivity index (χ3n) is 5.36. The van der Waals surface area contributed by atoms with Crippen molar-refractivity contribution in [2.45, 2.75) is 52.6 Å². The van der Waals surface area contributed by atoms with Crippen molar-refractivity contribution in [1.29, 1.82) is 0 Å². The first kappa shape index (κ1) is 24.3. The Morgan fingerprint density at radius 3 is 2.62 bits per heavy atom. The molecule has 0 N–H and O–H groups in total. The predicted molar refractivity (Wildman–Crippen MR) is 134 cm³/mol. The van der Waals surface area contributed by atoms with Gasteiger partial charge >= 0.3 is 0 Å². The largest absolute Gasteiger partial charge is 0.493 e. The number of nitrogens with zero attached hydrogens (tertiary/aromatic N) is 3. The standard InChI is InChI=1S/C24H27BrClN3O3/c1-6-14(3)23-28-20-9-8-17(25)11-19(20)24(30)29(23)27-13-16-10-18(26)12-21(31-5)22(16)32-15(4)7-2/h8-15H,6-7H2,1-5H3/t14-,15-/m0/s1. The van der Waals surface area contributed by atoms with Gasteiger partial charge in [0.15, 0.2) is 11.5 Å². The van der Waals surface area contributed by atoms with Crippen molar-refractivity contribution < 1.29 is 9.47 Å². The molecule has 170 valence electrons. The minimum Gasteiger partial charge on any atom is -0.493 e. The molecule has 32 heavy (non-hydrogen) atoms. The molecule has 3 rings (SSSR count). The van der Waals surface area contributed by atoms with Crippen molar-refractivity contribution in [3.05, 3.63) is 61.6 Å². The third kappa shape index (κ3) is 5.15.